The van der Waals surface area contributed by atoms with Gasteiger partial charge in [0.1, 0.15) is 6.04 Å². The zero-order valence-corrected chi connectivity index (χ0v) is 18.4. The van der Waals surface area contributed by atoms with Crippen molar-refractivity contribution in [1.29, 1.82) is 4.78 Å². The van der Waals surface area contributed by atoms with Crippen molar-refractivity contribution in [2.45, 2.75) is 31.0 Å². The first kappa shape index (κ1) is 25.4. The highest BCUT2D eigenvalue weighted by Gasteiger charge is 2.41. The number of carboxylic acids is 1. The summed E-state index contributed by atoms with van der Waals surface area (Å²) in [5, 5.41) is 9.47. The van der Waals surface area contributed by atoms with Crippen LogP contribution in [0.25, 0.3) is 11.1 Å². The molecule has 1 aromatic carbocycles. The van der Waals surface area contributed by atoms with Gasteiger partial charge in [0.25, 0.3) is 0 Å². The van der Waals surface area contributed by atoms with E-state index in [0.717, 1.165) is 0 Å². The Balaban J connectivity index is 2.17. The summed E-state index contributed by atoms with van der Waals surface area (Å²) in [6.07, 6.45) is -4.29. The molecule has 4 N–H and O–H groups in total. The highest BCUT2D eigenvalue weighted by Crippen LogP contribution is 2.38. The Kier molecular flexibility index (Phi) is 8.32. The number of alkyl halides is 3. The Labute approximate surface area is 187 Å². The number of nitrogens with two attached hydrogens (primary N) is 1. The molecule has 1 aromatic heterocycles. The zero-order chi connectivity index (χ0) is 23.4. The second-order valence-electron chi connectivity index (χ2n) is 6.93. The third-order valence-electron chi connectivity index (χ3n) is 4.59. The number of nitrogens with zero attached hydrogens (tertiary/aromatic N) is 1. The lowest BCUT2D eigenvalue weighted by Gasteiger charge is -2.21. The van der Waals surface area contributed by atoms with Gasteiger partial charge >= 0.3 is 12.1 Å². The Morgan fingerprint density at radius 3 is 2.35 bits per heavy atom. The molecule has 0 fully saturated rings. The van der Waals surface area contributed by atoms with Crippen molar-refractivity contribution in [2.75, 3.05) is 11.5 Å². The van der Waals surface area contributed by atoms with Gasteiger partial charge < -0.3 is 10.8 Å². The Morgan fingerprint density at radius 1 is 1.19 bits per heavy atom. The van der Waals surface area contributed by atoms with Crippen molar-refractivity contribution >= 4 is 38.9 Å². The highest BCUT2D eigenvalue weighted by atomic mass is 35.5. The number of aliphatic carboxylic acids is 1. The molecule has 0 amide bonds. The smallest absolute Gasteiger partial charge is 0.397 e. The molecule has 170 valence electrons. The van der Waals surface area contributed by atoms with Gasteiger partial charge in [-0.3, -0.25) is 14.6 Å². The summed E-state index contributed by atoms with van der Waals surface area (Å²) in [6, 6.07) is 6.06. The predicted octanol–water partition coefficient (Wildman–Crippen LogP) is 4.94. The number of carbonyl (C=O) groups is 1. The Bertz CT molecular complexity index is 1030. The van der Waals surface area contributed by atoms with Gasteiger partial charge in [0, 0.05) is 48.6 Å². The molecule has 2 rings (SSSR count). The van der Waals surface area contributed by atoms with Crippen LogP contribution >= 0.6 is 23.2 Å². The third kappa shape index (κ3) is 7.34. The minimum absolute atomic E-state index is 0.261. The Hall–Kier alpha value is -1.88. The largest absolute Gasteiger partial charge is 0.480 e. The summed E-state index contributed by atoms with van der Waals surface area (Å²) in [5.74, 6) is -4.31. The SMILES string of the molecule is N=S(=O)(CCC(N)C(=O)O)CCC(c1ccc(-c2ccc(Cl)cc2Cl)cn1)C(F)(F)F. The third-order valence-corrected chi connectivity index (χ3v) is 6.93. The molecule has 0 saturated carbocycles. The fraction of sp³-hybridized carbons (Fsp3) is 0.368. The topological polar surface area (TPSA) is 117 Å². The van der Waals surface area contributed by atoms with E-state index in [-0.39, 0.29) is 12.1 Å². The van der Waals surface area contributed by atoms with Crippen LogP contribution in [-0.4, -0.2) is 44.0 Å². The quantitative estimate of drug-likeness (QED) is 0.453. The van der Waals surface area contributed by atoms with Crippen molar-refractivity contribution in [3.8, 4) is 11.1 Å². The molecule has 1 heterocycles. The lowest BCUT2D eigenvalue weighted by Crippen LogP contribution is -2.32. The summed E-state index contributed by atoms with van der Waals surface area (Å²) in [6.45, 7) is 0. The zero-order valence-electron chi connectivity index (χ0n) is 16.0. The number of hydrogen-bond donors (Lipinski definition) is 3. The van der Waals surface area contributed by atoms with Gasteiger partial charge in [-0.2, -0.15) is 13.2 Å². The van der Waals surface area contributed by atoms with E-state index in [1.165, 1.54) is 24.4 Å². The number of rotatable bonds is 9. The molecule has 0 aliphatic heterocycles. The minimum Gasteiger partial charge on any atom is -0.480 e. The van der Waals surface area contributed by atoms with Gasteiger partial charge in [-0.15, -0.1) is 0 Å². The van der Waals surface area contributed by atoms with Gasteiger partial charge in [-0.1, -0.05) is 35.3 Å². The van der Waals surface area contributed by atoms with Crippen LogP contribution in [0.2, 0.25) is 10.0 Å². The molecule has 6 nitrogen and oxygen atoms in total. The van der Waals surface area contributed by atoms with E-state index in [1.54, 1.807) is 12.1 Å². The number of hydrogen-bond acceptors (Lipinski definition) is 5. The van der Waals surface area contributed by atoms with Crippen LogP contribution in [0.3, 0.4) is 0 Å². The van der Waals surface area contributed by atoms with E-state index in [4.69, 9.17) is 38.8 Å². The van der Waals surface area contributed by atoms with Crippen LogP contribution in [0.1, 0.15) is 24.5 Å². The average Bonchev–Trinajstić information content (AvgIpc) is 2.66. The molecule has 12 heteroatoms. The normalized spacial score (nSPS) is 15.8. The van der Waals surface area contributed by atoms with Gasteiger partial charge in [0.05, 0.1) is 11.6 Å². The first-order valence-corrected chi connectivity index (χ1v) is 11.7. The van der Waals surface area contributed by atoms with Gasteiger partial charge in [0.2, 0.25) is 0 Å². The van der Waals surface area contributed by atoms with Crippen molar-refractivity contribution < 1.29 is 27.3 Å². The summed E-state index contributed by atoms with van der Waals surface area (Å²) < 4.78 is 60.9. The molecule has 0 aliphatic rings. The van der Waals surface area contributed by atoms with Crippen LogP contribution in [0.15, 0.2) is 36.5 Å². The Morgan fingerprint density at radius 2 is 1.84 bits per heavy atom. The van der Waals surface area contributed by atoms with Crippen molar-refractivity contribution in [3.05, 3.63) is 52.3 Å². The second-order valence-corrected chi connectivity index (χ2v) is 10.2. The fourth-order valence-electron chi connectivity index (χ4n) is 2.82. The van der Waals surface area contributed by atoms with Gasteiger partial charge in [-0.05, 0) is 31.0 Å². The average molecular weight is 498 g/mol. The predicted molar refractivity (Wildman–Crippen MR) is 114 cm³/mol. The molecule has 0 aliphatic carbocycles. The standard InChI is InChI=1S/C19H20Cl2F3N3O3S/c20-12-2-3-13(15(21)9-12)11-1-4-17(27-10-11)14(19(22,23)24)5-7-31(26,30)8-6-16(25)18(28)29/h1-4,9-10,14,16,26H,5-8,25H2,(H,28,29). The lowest BCUT2D eigenvalue weighted by atomic mass is 9.99. The van der Waals surface area contributed by atoms with Crippen molar-refractivity contribution in [3.63, 3.8) is 0 Å². The summed E-state index contributed by atoms with van der Waals surface area (Å²) >= 11 is 12.0. The summed E-state index contributed by atoms with van der Waals surface area (Å²) in [5.41, 5.74) is 6.08. The highest BCUT2D eigenvalue weighted by molar-refractivity contribution is 7.92. The van der Waals surface area contributed by atoms with Crippen LogP contribution in [0.5, 0.6) is 0 Å². The summed E-state index contributed by atoms with van der Waals surface area (Å²) in [7, 11) is -3.44. The van der Waals surface area contributed by atoms with E-state index in [2.05, 4.69) is 4.98 Å². The van der Waals surface area contributed by atoms with Crippen LogP contribution in [-0.2, 0) is 14.5 Å². The van der Waals surface area contributed by atoms with Crippen molar-refractivity contribution in [1.82, 2.24) is 4.98 Å². The lowest BCUT2D eigenvalue weighted by molar-refractivity contribution is -0.151. The summed E-state index contributed by atoms with van der Waals surface area (Å²) in [4.78, 5) is 14.6. The monoisotopic (exact) mass is 497 g/mol. The maximum absolute atomic E-state index is 13.6. The van der Waals surface area contributed by atoms with E-state index in [0.29, 0.717) is 21.2 Å². The fourth-order valence-corrected chi connectivity index (χ4v) is 4.80. The first-order valence-electron chi connectivity index (χ1n) is 9.01. The van der Waals surface area contributed by atoms with Crippen LogP contribution < -0.4 is 5.73 Å². The first-order chi connectivity index (χ1) is 14.3. The molecule has 3 unspecified atom stereocenters. The maximum Gasteiger partial charge on any atom is 0.397 e. The number of pyridine rings is 1. The van der Waals surface area contributed by atoms with E-state index in [1.807, 2.05) is 0 Å². The van der Waals surface area contributed by atoms with Gasteiger partial charge in [-0.25, -0.2) is 4.21 Å². The van der Waals surface area contributed by atoms with E-state index >= 15 is 0 Å². The van der Waals surface area contributed by atoms with Crippen LogP contribution in [0, 0.1) is 4.78 Å². The van der Waals surface area contributed by atoms with E-state index < -0.39 is 51.8 Å². The van der Waals surface area contributed by atoms with Crippen LogP contribution in [0.4, 0.5) is 13.2 Å². The maximum atomic E-state index is 13.6. The molecule has 0 saturated heterocycles. The molecule has 0 radical (unpaired) electrons. The number of nitrogens with one attached hydrogen (secondary N) is 1. The molecular weight excluding hydrogens is 478 g/mol. The molecule has 31 heavy (non-hydrogen) atoms. The second kappa shape index (κ2) is 10.2. The molecule has 0 spiro atoms. The van der Waals surface area contributed by atoms with Crippen molar-refractivity contribution in [2.24, 2.45) is 5.73 Å². The molecular formula is C19H20Cl2F3N3O3S. The molecule has 0 bridgehead atoms. The molecule has 3 atom stereocenters. The number of halogens is 5. The number of carboxylic acid groups (broad SMARTS) is 1. The number of aromatic nitrogens is 1. The van der Waals surface area contributed by atoms with Gasteiger partial charge in [0.15, 0.2) is 0 Å². The number of benzene rings is 1. The molecule has 2 aromatic rings. The minimum atomic E-state index is -4.67. The van der Waals surface area contributed by atoms with E-state index in [9.17, 15) is 22.2 Å².